The number of thiophene rings is 4. The molecule has 13 heteroatoms. The lowest BCUT2D eigenvalue weighted by atomic mass is 9.85. The van der Waals surface area contributed by atoms with E-state index in [1.54, 1.807) is 22.7 Å². The molecule has 3 atom stereocenters. The van der Waals surface area contributed by atoms with Crippen LogP contribution in [0.5, 0.6) is 0 Å². The van der Waals surface area contributed by atoms with Gasteiger partial charge in [0.05, 0.1) is 19.5 Å². The molecule has 11 aromatic carbocycles. The van der Waals surface area contributed by atoms with Crippen molar-refractivity contribution in [2.24, 2.45) is 11.8 Å². The third kappa shape index (κ3) is 25.4. The molecule has 0 saturated heterocycles. The number of Topliss-reactive ketones (excluding diaryl/α,β-unsaturated/α-hetero) is 3. The Bertz CT molecular complexity index is 5900. The molecule has 15 aromatic rings. The van der Waals surface area contributed by atoms with E-state index in [0.29, 0.717) is 49.3 Å². The minimum Gasteiger partial charge on any atom is -0.396 e. The van der Waals surface area contributed by atoms with Gasteiger partial charge in [-0.15, -0.1) is 45.3 Å². The summed E-state index contributed by atoms with van der Waals surface area (Å²) in [6, 6.07) is 115. The van der Waals surface area contributed by atoms with Crippen LogP contribution < -0.4 is 16.0 Å². The van der Waals surface area contributed by atoms with Gasteiger partial charge in [0.2, 0.25) is 0 Å². The largest absolute Gasteiger partial charge is 0.396 e. The normalized spacial score (nSPS) is 13.0. The number of aliphatic hydroxyl groups is 2. The second-order valence-corrected chi connectivity index (χ2v) is 36.3. The number of anilines is 4. The number of hydrogen-bond donors (Lipinski definition) is 5. The van der Waals surface area contributed by atoms with Crippen LogP contribution in [0.2, 0.25) is 0 Å². The van der Waals surface area contributed by atoms with Gasteiger partial charge in [0.25, 0.3) is 5.91 Å². The van der Waals surface area contributed by atoms with Crippen LogP contribution in [-0.2, 0) is 38.5 Å². The Hall–Kier alpha value is -11.8. The third-order valence-corrected chi connectivity index (χ3v) is 26.9. The fraction of sp³-hybridized carbons (Fsp3) is 0.218. The van der Waals surface area contributed by atoms with Gasteiger partial charge in [0.15, 0.2) is 17.3 Å². The van der Waals surface area contributed by atoms with E-state index < -0.39 is 0 Å². The van der Waals surface area contributed by atoms with Gasteiger partial charge in [-0.2, -0.15) is 0 Å². The van der Waals surface area contributed by atoms with Crippen LogP contribution in [0.25, 0.3) is 41.8 Å². The summed E-state index contributed by atoms with van der Waals surface area (Å²) in [4.78, 5) is 59.0. The van der Waals surface area contributed by atoms with Crippen molar-refractivity contribution in [2.75, 3.05) is 30.4 Å². The van der Waals surface area contributed by atoms with Gasteiger partial charge in [0.1, 0.15) is 0 Å². The first-order valence-electron chi connectivity index (χ1n) is 42.9. The molecule has 1 aliphatic carbocycles. The zero-order valence-electron chi connectivity index (χ0n) is 71.0. The Morgan fingerprint density at radius 1 is 0.374 bits per heavy atom. The molecule has 1 fully saturated rings. The molecular formula is C110H109N3O6S4. The highest BCUT2D eigenvalue weighted by molar-refractivity contribution is 7.18. The maximum atomic E-state index is 13.5. The fourth-order valence-corrected chi connectivity index (χ4v) is 19.5. The van der Waals surface area contributed by atoms with E-state index in [9.17, 15) is 19.2 Å². The molecule has 123 heavy (non-hydrogen) atoms. The molecule has 0 bridgehead atoms. The molecule has 1 saturated carbocycles. The van der Waals surface area contributed by atoms with Gasteiger partial charge < -0.3 is 26.2 Å². The Morgan fingerprint density at radius 2 is 0.780 bits per heavy atom. The second-order valence-electron chi connectivity index (χ2n) is 32.0. The summed E-state index contributed by atoms with van der Waals surface area (Å²) >= 11 is 6.30. The Balaban J connectivity index is 0.000000142. The van der Waals surface area contributed by atoms with E-state index in [4.69, 9.17) is 10.2 Å². The van der Waals surface area contributed by atoms with E-state index in [1.165, 1.54) is 83.2 Å². The second kappa shape index (κ2) is 44.8. The Morgan fingerprint density at radius 3 is 1.26 bits per heavy atom. The lowest BCUT2D eigenvalue weighted by Gasteiger charge is -2.18. The molecule has 9 nitrogen and oxygen atoms in total. The van der Waals surface area contributed by atoms with Crippen molar-refractivity contribution < 1.29 is 29.4 Å². The number of rotatable bonds is 31. The summed E-state index contributed by atoms with van der Waals surface area (Å²) in [5.74, 6) is 2.26. The van der Waals surface area contributed by atoms with Crippen LogP contribution in [0.4, 0.5) is 22.7 Å². The van der Waals surface area contributed by atoms with Gasteiger partial charge in [-0.25, -0.2) is 0 Å². The minimum atomic E-state index is -0.0269. The summed E-state index contributed by atoms with van der Waals surface area (Å²) in [5.41, 5.74) is 22.4. The quantitative estimate of drug-likeness (QED) is 0.0270. The highest BCUT2D eigenvalue weighted by Crippen LogP contribution is 2.44. The highest BCUT2D eigenvalue weighted by atomic mass is 32.1. The number of amides is 1. The Kier molecular flexibility index (Phi) is 32.4. The summed E-state index contributed by atoms with van der Waals surface area (Å²) in [7, 11) is 0. The molecule has 0 spiro atoms. The average molecular weight is 1700 g/mol. The van der Waals surface area contributed by atoms with E-state index in [0.717, 1.165) is 130 Å². The van der Waals surface area contributed by atoms with Crippen LogP contribution in [0.3, 0.4) is 0 Å². The molecule has 3 unspecified atom stereocenters. The summed E-state index contributed by atoms with van der Waals surface area (Å²) < 4.78 is 0. The van der Waals surface area contributed by atoms with E-state index in [2.05, 4.69) is 220 Å². The standard InChI is InChI=1S/C32H32OS.C31H32OS.C26H23NO2S.C21H22N2O2S/c1-22(2)26-13-6-9-23(20-26)19-24-10-7-14-27(21-24)30-17-18-31(34-30)32(33)29-16-8-15-28(29)25-11-4-3-5-12-25;1-4-26(19-23-10-6-5-7-11-23)31(32)30-17-16-29(33-30)28-15-9-13-25(21-28)18-24-12-8-14-27(20-24)22(2)3;28-16-15-19-9-11-22(12-10-19)27-23-8-4-7-21(18-23)25-13-14-26(30-25)24(29)17-20-5-2-1-3-6-20;1-2-22-21(25)20-11-10-19(26-20)16-4-3-5-18(14-16)23-17-8-6-15(7-9-17)12-13-24/h3-7,9-14,17-18,20-22,28-29H,8,15-16,19H2,1-2H3;5-17,20-22,26H,4,18-19H2,1-3H3;1-14,18,27-28H,15-17H2;3-11,14,23-24H,2,12-13H2,1H3,(H,22,25). The third-order valence-electron chi connectivity index (χ3n) is 22.3. The number of carbonyl (C=O) groups is 4. The van der Waals surface area contributed by atoms with Gasteiger partial charge in [-0.1, -0.05) is 278 Å². The zero-order chi connectivity index (χ0) is 85.8. The highest BCUT2D eigenvalue weighted by Gasteiger charge is 2.35. The summed E-state index contributed by atoms with van der Waals surface area (Å²) in [5, 5.41) is 27.7. The maximum absolute atomic E-state index is 13.5. The molecule has 16 rings (SSSR count). The minimum absolute atomic E-state index is 0.0264. The average Bonchev–Trinajstić information content (AvgIpc) is 1.67. The molecule has 624 valence electrons. The molecule has 0 radical (unpaired) electrons. The monoisotopic (exact) mass is 1700 g/mol. The number of carbonyl (C=O) groups excluding carboxylic acids is 4. The number of aliphatic hydroxyl groups excluding tert-OH is 2. The molecule has 1 aliphatic rings. The lowest BCUT2D eigenvalue weighted by Crippen LogP contribution is -2.21. The number of ketones is 3. The first-order valence-corrected chi connectivity index (χ1v) is 46.2. The summed E-state index contributed by atoms with van der Waals surface area (Å²) in [6.07, 6.45) is 8.49. The predicted molar refractivity (Wildman–Crippen MR) is 518 cm³/mol. The van der Waals surface area contributed by atoms with Crippen LogP contribution >= 0.6 is 45.3 Å². The molecule has 5 N–H and O–H groups in total. The van der Waals surface area contributed by atoms with Crippen molar-refractivity contribution in [3.63, 3.8) is 0 Å². The first-order chi connectivity index (χ1) is 60.0. The van der Waals surface area contributed by atoms with Crippen molar-refractivity contribution in [1.29, 1.82) is 0 Å². The molecular weight excluding hydrogens is 1590 g/mol. The van der Waals surface area contributed by atoms with E-state index in [-0.39, 0.29) is 42.5 Å². The predicted octanol–water partition coefficient (Wildman–Crippen LogP) is 28.0. The number of hydrogen-bond acceptors (Lipinski definition) is 12. The van der Waals surface area contributed by atoms with Crippen LogP contribution in [0, 0.1) is 11.8 Å². The molecule has 4 aromatic heterocycles. The number of nitrogens with one attached hydrogen (secondary N) is 3. The van der Waals surface area contributed by atoms with Gasteiger partial charge in [-0.05, 0) is 257 Å². The molecule has 1 amide bonds. The van der Waals surface area contributed by atoms with E-state index >= 15 is 0 Å². The van der Waals surface area contributed by atoms with Crippen molar-refractivity contribution >= 4 is 91.4 Å². The van der Waals surface area contributed by atoms with Gasteiger partial charge in [0, 0.05) is 80.3 Å². The van der Waals surface area contributed by atoms with Crippen LogP contribution in [0.1, 0.15) is 185 Å². The molecule has 0 aliphatic heterocycles. The van der Waals surface area contributed by atoms with Gasteiger partial charge >= 0.3 is 0 Å². The van der Waals surface area contributed by atoms with Crippen LogP contribution in [-0.4, -0.2) is 53.2 Å². The lowest BCUT2D eigenvalue weighted by molar-refractivity contribution is 0.0910. The van der Waals surface area contributed by atoms with Gasteiger partial charge in [-0.3, -0.25) is 19.2 Å². The zero-order valence-corrected chi connectivity index (χ0v) is 74.3. The smallest absolute Gasteiger partial charge is 0.261 e. The SMILES string of the molecule is CC(C)c1cccc(Cc2cccc(-c3ccc(C(=O)C4CCCC4c4ccccc4)s3)c2)c1.CCC(Cc1ccccc1)C(=O)c1ccc(-c2cccc(Cc3cccc(C(C)C)c3)c2)s1.CCNC(=O)c1ccc(-c2cccc(Nc3ccc(CCO)cc3)c2)s1.O=C(Cc1ccccc1)c1ccc(-c2cccc(Nc3ccc(CCO)cc3)c2)s1. The van der Waals surface area contributed by atoms with Crippen molar-refractivity contribution in [1.82, 2.24) is 5.32 Å². The molecule has 4 heterocycles. The fourth-order valence-electron chi connectivity index (χ4n) is 15.6. The topological polar surface area (TPSA) is 145 Å². The summed E-state index contributed by atoms with van der Waals surface area (Å²) in [6.45, 7) is 13.9. The Labute approximate surface area is 742 Å². The first kappa shape index (κ1) is 89.0. The van der Waals surface area contributed by atoms with Crippen molar-refractivity contribution in [3.05, 3.63) is 414 Å². The van der Waals surface area contributed by atoms with Crippen molar-refractivity contribution in [2.45, 2.75) is 124 Å². The van der Waals surface area contributed by atoms with Crippen molar-refractivity contribution in [3.8, 4) is 41.8 Å². The maximum Gasteiger partial charge on any atom is 0.261 e. The van der Waals surface area contributed by atoms with E-state index in [1.807, 2.05) is 171 Å². The number of benzene rings is 11. The van der Waals surface area contributed by atoms with Crippen LogP contribution in [0.15, 0.2) is 334 Å².